The molecule has 2 saturated heterocycles. The number of nitrogens with zero attached hydrogens (tertiary/aromatic N) is 2. The molecule has 20 heavy (non-hydrogen) atoms. The third kappa shape index (κ3) is 3.07. The summed E-state index contributed by atoms with van der Waals surface area (Å²) in [7, 11) is 0. The second-order valence-corrected chi connectivity index (χ2v) is 6.05. The van der Waals surface area contributed by atoms with Crippen LogP contribution in [0.15, 0.2) is 24.3 Å². The SMILES string of the molecule is CC1CN2CCCC2CN1CCOc1ccc(N)cc1. The molecule has 0 aromatic heterocycles. The van der Waals surface area contributed by atoms with Crippen molar-refractivity contribution in [3.05, 3.63) is 24.3 Å². The first-order valence-corrected chi connectivity index (χ1v) is 7.69. The van der Waals surface area contributed by atoms with Crippen molar-refractivity contribution in [3.63, 3.8) is 0 Å². The molecule has 0 saturated carbocycles. The number of nitrogen functional groups attached to an aromatic ring is 1. The van der Waals surface area contributed by atoms with Crippen LogP contribution in [0.1, 0.15) is 19.8 Å². The molecule has 2 unspecified atom stereocenters. The van der Waals surface area contributed by atoms with Crippen molar-refractivity contribution in [2.45, 2.75) is 31.8 Å². The van der Waals surface area contributed by atoms with Crippen LogP contribution in [-0.4, -0.2) is 54.7 Å². The number of fused-ring (bicyclic) bond motifs is 1. The topological polar surface area (TPSA) is 41.7 Å². The molecule has 3 rings (SSSR count). The maximum atomic E-state index is 5.81. The summed E-state index contributed by atoms with van der Waals surface area (Å²) in [6.45, 7) is 7.80. The van der Waals surface area contributed by atoms with E-state index in [9.17, 15) is 0 Å². The van der Waals surface area contributed by atoms with Gasteiger partial charge in [0.2, 0.25) is 0 Å². The summed E-state index contributed by atoms with van der Waals surface area (Å²) < 4.78 is 5.81. The number of rotatable bonds is 4. The smallest absolute Gasteiger partial charge is 0.119 e. The van der Waals surface area contributed by atoms with Gasteiger partial charge >= 0.3 is 0 Å². The second-order valence-electron chi connectivity index (χ2n) is 6.05. The van der Waals surface area contributed by atoms with Crippen molar-refractivity contribution in [3.8, 4) is 5.75 Å². The van der Waals surface area contributed by atoms with E-state index in [2.05, 4.69) is 16.7 Å². The highest BCUT2D eigenvalue weighted by atomic mass is 16.5. The van der Waals surface area contributed by atoms with Gasteiger partial charge in [-0.05, 0) is 50.6 Å². The molecule has 0 bridgehead atoms. The predicted octanol–water partition coefficient (Wildman–Crippen LogP) is 1.82. The second kappa shape index (κ2) is 6.02. The first-order valence-electron chi connectivity index (χ1n) is 7.69. The third-order valence-corrected chi connectivity index (χ3v) is 4.59. The lowest BCUT2D eigenvalue weighted by molar-refractivity contribution is 0.0500. The third-order valence-electron chi connectivity index (χ3n) is 4.59. The molecule has 0 aliphatic carbocycles. The Kier molecular flexibility index (Phi) is 4.13. The van der Waals surface area contributed by atoms with E-state index >= 15 is 0 Å². The highest BCUT2D eigenvalue weighted by Gasteiger charge is 2.33. The van der Waals surface area contributed by atoms with Crippen molar-refractivity contribution < 1.29 is 4.74 Å². The molecule has 4 nitrogen and oxygen atoms in total. The Labute approximate surface area is 121 Å². The number of piperazine rings is 1. The summed E-state index contributed by atoms with van der Waals surface area (Å²) in [6, 6.07) is 9.06. The number of ether oxygens (including phenoxy) is 1. The highest BCUT2D eigenvalue weighted by Crippen LogP contribution is 2.24. The Balaban J connectivity index is 1.47. The monoisotopic (exact) mass is 275 g/mol. The van der Waals surface area contributed by atoms with Crippen molar-refractivity contribution >= 4 is 5.69 Å². The standard InChI is InChI=1S/C16H25N3O/c1-13-11-19-8-2-3-15(19)12-18(13)9-10-20-16-6-4-14(17)5-7-16/h4-7,13,15H,2-3,8-12,17H2,1H3. The van der Waals surface area contributed by atoms with E-state index in [0.29, 0.717) is 6.04 Å². The van der Waals surface area contributed by atoms with Crippen LogP contribution in [0.5, 0.6) is 5.75 Å². The summed E-state index contributed by atoms with van der Waals surface area (Å²) in [5, 5.41) is 0. The molecule has 0 radical (unpaired) electrons. The van der Waals surface area contributed by atoms with E-state index in [1.807, 2.05) is 24.3 Å². The normalized spacial score (nSPS) is 27.4. The first kappa shape index (κ1) is 13.7. The molecule has 2 atom stereocenters. The summed E-state index contributed by atoms with van der Waals surface area (Å²) in [4.78, 5) is 5.23. The van der Waals surface area contributed by atoms with Crippen LogP contribution in [-0.2, 0) is 0 Å². The fraction of sp³-hybridized carbons (Fsp3) is 0.625. The lowest BCUT2D eigenvalue weighted by Crippen LogP contribution is -2.55. The number of hydrogen-bond donors (Lipinski definition) is 1. The van der Waals surface area contributed by atoms with Gasteiger partial charge in [-0.25, -0.2) is 0 Å². The number of anilines is 1. The van der Waals surface area contributed by atoms with E-state index in [0.717, 1.165) is 30.6 Å². The Morgan fingerprint density at radius 3 is 2.85 bits per heavy atom. The maximum Gasteiger partial charge on any atom is 0.119 e. The van der Waals surface area contributed by atoms with Gasteiger partial charge in [0, 0.05) is 37.4 Å². The zero-order valence-electron chi connectivity index (χ0n) is 12.3. The number of nitrogens with two attached hydrogens (primary N) is 1. The van der Waals surface area contributed by atoms with Gasteiger partial charge in [-0.3, -0.25) is 9.80 Å². The van der Waals surface area contributed by atoms with Crippen LogP contribution < -0.4 is 10.5 Å². The molecule has 1 aromatic rings. The highest BCUT2D eigenvalue weighted by molar-refractivity contribution is 5.41. The van der Waals surface area contributed by atoms with E-state index in [-0.39, 0.29) is 0 Å². The van der Waals surface area contributed by atoms with Gasteiger partial charge in [-0.15, -0.1) is 0 Å². The lowest BCUT2D eigenvalue weighted by Gasteiger charge is -2.42. The van der Waals surface area contributed by atoms with Crippen LogP contribution in [0, 0.1) is 0 Å². The van der Waals surface area contributed by atoms with Crippen LogP contribution in [0.25, 0.3) is 0 Å². The molecule has 2 aliphatic rings. The van der Waals surface area contributed by atoms with E-state index in [1.54, 1.807) is 0 Å². The molecule has 110 valence electrons. The van der Waals surface area contributed by atoms with E-state index in [4.69, 9.17) is 10.5 Å². The number of hydrogen-bond acceptors (Lipinski definition) is 4. The quantitative estimate of drug-likeness (QED) is 0.851. The van der Waals surface area contributed by atoms with Crippen LogP contribution >= 0.6 is 0 Å². The average Bonchev–Trinajstić information content (AvgIpc) is 2.88. The van der Waals surface area contributed by atoms with Gasteiger partial charge in [0.05, 0.1) is 0 Å². The molecule has 0 amide bonds. The Hall–Kier alpha value is -1.26. The van der Waals surface area contributed by atoms with Gasteiger partial charge in [0.1, 0.15) is 12.4 Å². The molecule has 2 aliphatic heterocycles. The molecule has 0 spiro atoms. The van der Waals surface area contributed by atoms with Gasteiger partial charge in [0.25, 0.3) is 0 Å². The van der Waals surface area contributed by atoms with Gasteiger partial charge in [-0.2, -0.15) is 0 Å². The molecular weight excluding hydrogens is 250 g/mol. The minimum absolute atomic E-state index is 0.638. The Morgan fingerprint density at radius 2 is 2.05 bits per heavy atom. The summed E-state index contributed by atoms with van der Waals surface area (Å²) in [5.74, 6) is 0.909. The van der Waals surface area contributed by atoms with E-state index < -0.39 is 0 Å². The summed E-state index contributed by atoms with van der Waals surface area (Å²) >= 11 is 0. The van der Waals surface area contributed by atoms with Crippen molar-refractivity contribution in [1.82, 2.24) is 9.80 Å². The Morgan fingerprint density at radius 1 is 1.25 bits per heavy atom. The first-order chi connectivity index (χ1) is 9.72. The molecule has 2 fully saturated rings. The maximum absolute atomic E-state index is 5.81. The van der Waals surface area contributed by atoms with Crippen LogP contribution in [0.4, 0.5) is 5.69 Å². The lowest BCUT2D eigenvalue weighted by atomic mass is 10.1. The average molecular weight is 275 g/mol. The van der Waals surface area contributed by atoms with Gasteiger partial charge in [-0.1, -0.05) is 0 Å². The van der Waals surface area contributed by atoms with Crippen molar-refractivity contribution in [1.29, 1.82) is 0 Å². The minimum Gasteiger partial charge on any atom is -0.492 e. The zero-order chi connectivity index (χ0) is 13.9. The number of benzene rings is 1. The zero-order valence-corrected chi connectivity index (χ0v) is 12.3. The van der Waals surface area contributed by atoms with Gasteiger partial charge in [0.15, 0.2) is 0 Å². The van der Waals surface area contributed by atoms with Crippen molar-refractivity contribution in [2.75, 3.05) is 38.5 Å². The Bertz CT molecular complexity index is 434. The van der Waals surface area contributed by atoms with Crippen LogP contribution in [0.3, 0.4) is 0 Å². The van der Waals surface area contributed by atoms with E-state index in [1.165, 1.54) is 32.5 Å². The predicted molar refractivity (Wildman–Crippen MR) is 82.0 cm³/mol. The summed E-state index contributed by atoms with van der Waals surface area (Å²) in [6.07, 6.45) is 2.73. The fourth-order valence-electron chi connectivity index (χ4n) is 3.40. The minimum atomic E-state index is 0.638. The molecule has 2 N–H and O–H groups in total. The fourth-order valence-corrected chi connectivity index (χ4v) is 3.40. The molecule has 4 heteroatoms. The molecule has 2 heterocycles. The molecular formula is C16H25N3O. The van der Waals surface area contributed by atoms with Crippen molar-refractivity contribution in [2.24, 2.45) is 0 Å². The largest absolute Gasteiger partial charge is 0.492 e. The summed E-state index contributed by atoms with van der Waals surface area (Å²) in [5.41, 5.74) is 6.45. The van der Waals surface area contributed by atoms with Crippen LogP contribution in [0.2, 0.25) is 0 Å². The van der Waals surface area contributed by atoms with Gasteiger partial charge < -0.3 is 10.5 Å². The molecule has 1 aromatic carbocycles.